The fourth-order valence-corrected chi connectivity index (χ4v) is 2.06. The van der Waals surface area contributed by atoms with Crippen LogP contribution in [-0.4, -0.2) is 14.7 Å². The molecule has 100 valence electrons. The molecule has 0 aliphatic rings. The Bertz CT molecular complexity index is 928. The maximum absolute atomic E-state index is 13.4. The van der Waals surface area contributed by atoms with Crippen molar-refractivity contribution in [2.45, 2.75) is 0 Å². The molecule has 0 radical (unpaired) electrons. The fraction of sp³-hybridized carbons (Fsp3) is 0. The predicted molar refractivity (Wildman–Crippen MR) is 71.8 cm³/mol. The van der Waals surface area contributed by atoms with Crippen LogP contribution in [0.15, 0.2) is 52.1 Å². The number of rotatable bonds is 1. The first-order chi connectivity index (χ1) is 9.58. The van der Waals surface area contributed by atoms with Crippen molar-refractivity contribution in [3.8, 4) is 11.6 Å². The van der Waals surface area contributed by atoms with Crippen LogP contribution < -0.4 is 11.2 Å². The number of nitrogens with zero attached hydrogens (tertiary/aromatic N) is 1. The third kappa shape index (κ3) is 1.78. The highest BCUT2D eigenvalue weighted by molar-refractivity contribution is 5.84. The van der Waals surface area contributed by atoms with E-state index in [1.807, 2.05) is 29.2 Å². The Morgan fingerprint density at radius 1 is 1.05 bits per heavy atom. The first-order valence-electron chi connectivity index (χ1n) is 5.81. The molecule has 0 bridgehead atoms. The second-order valence-corrected chi connectivity index (χ2v) is 4.26. The molecule has 0 aliphatic carbocycles. The number of H-pyrrole nitrogens is 1. The van der Waals surface area contributed by atoms with Gasteiger partial charge in [-0.2, -0.15) is 4.39 Å². The van der Waals surface area contributed by atoms with Gasteiger partial charge in [-0.05, 0) is 22.9 Å². The summed E-state index contributed by atoms with van der Waals surface area (Å²) in [4.78, 5) is 24.6. The van der Waals surface area contributed by atoms with Crippen LogP contribution in [0.1, 0.15) is 0 Å². The molecule has 2 N–H and O–H groups in total. The molecule has 0 aliphatic heterocycles. The van der Waals surface area contributed by atoms with Crippen LogP contribution in [0.2, 0.25) is 0 Å². The van der Waals surface area contributed by atoms with Crippen molar-refractivity contribution in [3.63, 3.8) is 0 Å². The van der Waals surface area contributed by atoms with Crippen LogP contribution in [0, 0.1) is 5.82 Å². The number of aromatic amines is 1. The Labute approximate surface area is 111 Å². The topological polar surface area (TPSA) is 75.1 Å². The highest BCUT2D eigenvalue weighted by Gasteiger charge is 2.15. The zero-order valence-corrected chi connectivity index (χ0v) is 10.1. The van der Waals surface area contributed by atoms with E-state index in [-0.39, 0.29) is 5.69 Å². The summed E-state index contributed by atoms with van der Waals surface area (Å²) in [7, 11) is 0. The van der Waals surface area contributed by atoms with Crippen LogP contribution in [0.5, 0.6) is 5.88 Å². The number of hydrogen-bond acceptors (Lipinski definition) is 3. The molecule has 6 heteroatoms. The molecular weight excluding hydrogens is 263 g/mol. The number of aromatic hydroxyl groups is 1. The number of halogens is 1. The van der Waals surface area contributed by atoms with E-state index in [4.69, 9.17) is 0 Å². The molecule has 0 saturated carbocycles. The van der Waals surface area contributed by atoms with Gasteiger partial charge in [0.2, 0.25) is 11.7 Å². The number of aromatic nitrogens is 2. The number of hydrogen-bond donors (Lipinski definition) is 2. The Hall–Kier alpha value is -2.89. The van der Waals surface area contributed by atoms with Crippen molar-refractivity contribution >= 4 is 10.8 Å². The molecular formula is C14H9FN2O3. The molecule has 3 rings (SSSR count). The van der Waals surface area contributed by atoms with E-state index in [0.29, 0.717) is 4.57 Å². The zero-order chi connectivity index (χ0) is 14.3. The molecule has 0 saturated heterocycles. The van der Waals surface area contributed by atoms with Gasteiger partial charge in [-0.25, -0.2) is 9.36 Å². The normalized spacial score (nSPS) is 10.8. The van der Waals surface area contributed by atoms with Gasteiger partial charge in [-0.3, -0.25) is 9.78 Å². The molecule has 5 nitrogen and oxygen atoms in total. The summed E-state index contributed by atoms with van der Waals surface area (Å²) in [5.41, 5.74) is -1.88. The van der Waals surface area contributed by atoms with Gasteiger partial charge in [0.25, 0.3) is 5.56 Å². The van der Waals surface area contributed by atoms with Crippen LogP contribution in [0.25, 0.3) is 16.5 Å². The van der Waals surface area contributed by atoms with Crippen molar-refractivity contribution in [1.82, 2.24) is 9.55 Å². The largest absolute Gasteiger partial charge is 0.492 e. The van der Waals surface area contributed by atoms with Crippen molar-refractivity contribution in [2.24, 2.45) is 0 Å². The summed E-state index contributed by atoms with van der Waals surface area (Å²) in [5.74, 6) is -2.40. The van der Waals surface area contributed by atoms with E-state index in [1.165, 1.54) is 0 Å². The van der Waals surface area contributed by atoms with Crippen LogP contribution >= 0.6 is 0 Å². The maximum atomic E-state index is 13.4. The van der Waals surface area contributed by atoms with E-state index < -0.39 is 22.9 Å². The zero-order valence-electron chi connectivity index (χ0n) is 10.1. The minimum Gasteiger partial charge on any atom is -0.492 e. The fourth-order valence-electron chi connectivity index (χ4n) is 2.06. The Morgan fingerprint density at radius 2 is 1.75 bits per heavy atom. The predicted octanol–water partition coefficient (Wildman–Crippen LogP) is 1.52. The molecule has 0 fully saturated rings. The lowest BCUT2D eigenvalue weighted by Crippen LogP contribution is -2.30. The van der Waals surface area contributed by atoms with Gasteiger partial charge in [0, 0.05) is 0 Å². The van der Waals surface area contributed by atoms with Gasteiger partial charge in [0.1, 0.15) is 0 Å². The molecule has 0 spiro atoms. The summed E-state index contributed by atoms with van der Waals surface area (Å²) >= 11 is 0. The summed E-state index contributed by atoms with van der Waals surface area (Å²) in [5, 5.41) is 11.4. The van der Waals surface area contributed by atoms with Gasteiger partial charge >= 0.3 is 5.69 Å². The highest BCUT2D eigenvalue weighted by atomic mass is 19.1. The van der Waals surface area contributed by atoms with E-state index in [2.05, 4.69) is 0 Å². The number of benzene rings is 2. The Kier molecular flexibility index (Phi) is 2.64. The minimum atomic E-state index is -1.39. The summed E-state index contributed by atoms with van der Waals surface area (Å²) in [6, 6.07) is 12.3. The van der Waals surface area contributed by atoms with Gasteiger partial charge in [-0.15, -0.1) is 0 Å². The molecule has 0 atom stereocenters. The summed E-state index contributed by atoms with van der Waals surface area (Å²) in [6.45, 7) is 0. The van der Waals surface area contributed by atoms with Crippen molar-refractivity contribution < 1.29 is 9.50 Å². The molecule has 1 aromatic heterocycles. The van der Waals surface area contributed by atoms with Gasteiger partial charge in [-0.1, -0.05) is 30.3 Å². The maximum Gasteiger partial charge on any atom is 0.335 e. The molecule has 0 amide bonds. The lowest BCUT2D eigenvalue weighted by Gasteiger charge is -2.09. The molecule has 0 unspecified atom stereocenters. The molecule has 2 aromatic carbocycles. The lowest BCUT2D eigenvalue weighted by atomic mass is 10.1. The van der Waals surface area contributed by atoms with E-state index in [0.717, 1.165) is 10.8 Å². The van der Waals surface area contributed by atoms with E-state index >= 15 is 0 Å². The van der Waals surface area contributed by atoms with Gasteiger partial charge in [0.15, 0.2) is 0 Å². The molecule has 1 heterocycles. The number of nitrogens with one attached hydrogen (secondary N) is 1. The second kappa shape index (κ2) is 4.34. The quantitative estimate of drug-likeness (QED) is 0.705. The smallest absolute Gasteiger partial charge is 0.335 e. The number of fused-ring (bicyclic) bond motifs is 1. The first-order valence-corrected chi connectivity index (χ1v) is 5.81. The third-order valence-electron chi connectivity index (χ3n) is 3.02. The third-order valence-corrected chi connectivity index (χ3v) is 3.02. The summed E-state index contributed by atoms with van der Waals surface area (Å²) < 4.78 is 14.1. The van der Waals surface area contributed by atoms with E-state index in [9.17, 15) is 19.1 Å². The molecule has 3 aromatic rings. The first kappa shape index (κ1) is 12.2. The highest BCUT2D eigenvalue weighted by Crippen LogP contribution is 2.20. The Morgan fingerprint density at radius 3 is 2.50 bits per heavy atom. The average molecular weight is 272 g/mol. The second-order valence-electron chi connectivity index (χ2n) is 4.26. The summed E-state index contributed by atoms with van der Waals surface area (Å²) in [6.07, 6.45) is 0. The van der Waals surface area contributed by atoms with Crippen molar-refractivity contribution in [1.29, 1.82) is 0 Å². The van der Waals surface area contributed by atoms with Crippen molar-refractivity contribution in [3.05, 3.63) is 69.1 Å². The van der Waals surface area contributed by atoms with Crippen LogP contribution in [-0.2, 0) is 0 Å². The van der Waals surface area contributed by atoms with Crippen molar-refractivity contribution in [2.75, 3.05) is 0 Å². The Balaban J connectivity index is 2.34. The van der Waals surface area contributed by atoms with E-state index in [1.54, 1.807) is 18.2 Å². The minimum absolute atomic E-state index is 0.265. The SMILES string of the molecule is O=c1[nH]c(=O)n(-c2ccc3ccccc3c2)c(O)c1F. The standard InChI is InChI=1S/C14H9FN2O3/c15-11-12(18)16-14(20)17(13(11)19)10-6-5-8-3-1-2-4-9(8)7-10/h1-7,19H,(H,16,18,20). The van der Waals surface area contributed by atoms with Gasteiger partial charge < -0.3 is 5.11 Å². The van der Waals surface area contributed by atoms with Crippen LogP contribution in [0.4, 0.5) is 4.39 Å². The van der Waals surface area contributed by atoms with Crippen LogP contribution in [0.3, 0.4) is 0 Å². The van der Waals surface area contributed by atoms with Gasteiger partial charge in [0.05, 0.1) is 5.69 Å². The molecule has 20 heavy (non-hydrogen) atoms. The monoisotopic (exact) mass is 272 g/mol. The average Bonchev–Trinajstić information content (AvgIpc) is 2.45. The lowest BCUT2D eigenvalue weighted by molar-refractivity contribution is 0.386.